The van der Waals surface area contributed by atoms with Crippen LogP contribution in [0.15, 0.2) is 30.5 Å². The van der Waals surface area contributed by atoms with Crippen LogP contribution in [0.5, 0.6) is 0 Å². The van der Waals surface area contributed by atoms with E-state index in [-0.39, 0.29) is 6.03 Å². The summed E-state index contributed by atoms with van der Waals surface area (Å²) in [5, 5.41) is 3.86. The number of likely N-dealkylation sites (tertiary alicyclic amines) is 1. The van der Waals surface area contributed by atoms with E-state index in [1.54, 1.807) is 12.3 Å². The van der Waals surface area contributed by atoms with Crippen LogP contribution in [0.3, 0.4) is 0 Å². The van der Waals surface area contributed by atoms with E-state index in [2.05, 4.69) is 17.2 Å². The topological polar surface area (TPSA) is 71.2 Å². The summed E-state index contributed by atoms with van der Waals surface area (Å²) in [6, 6.07) is 7.34. The molecule has 1 aliphatic rings. The molecule has 2 aromatic rings. The van der Waals surface area contributed by atoms with Gasteiger partial charge in [-0.05, 0) is 43.0 Å². The Bertz CT molecular complexity index is 662. The van der Waals surface area contributed by atoms with E-state index in [0.29, 0.717) is 11.6 Å². The fourth-order valence-corrected chi connectivity index (χ4v) is 2.71. The molecule has 110 valence electrons. The van der Waals surface area contributed by atoms with Gasteiger partial charge in [0, 0.05) is 24.7 Å². The number of nitrogen functional groups attached to an aromatic ring is 1. The molecule has 1 aliphatic heterocycles. The molecular formula is C16H20N4O. The highest BCUT2D eigenvalue weighted by Crippen LogP contribution is 2.27. The molecule has 0 bridgehead atoms. The lowest BCUT2D eigenvalue weighted by molar-refractivity contribution is 0.186. The second-order valence-corrected chi connectivity index (χ2v) is 5.70. The van der Waals surface area contributed by atoms with Crippen molar-refractivity contribution >= 4 is 28.3 Å². The van der Waals surface area contributed by atoms with E-state index in [9.17, 15) is 4.79 Å². The van der Waals surface area contributed by atoms with Crippen molar-refractivity contribution in [3.05, 3.63) is 30.5 Å². The first-order chi connectivity index (χ1) is 10.1. The number of rotatable bonds is 1. The quantitative estimate of drug-likeness (QED) is 0.790. The minimum absolute atomic E-state index is 0.0446. The van der Waals surface area contributed by atoms with Gasteiger partial charge in [0.05, 0.1) is 16.9 Å². The molecule has 3 N–H and O–H groups in total. The highest BCUT2D eigenvalue weighted by Gasteiger charge is 2.20. The van der Waals surface area contributed by atoms with Crippen molar-refractivity contribution in [2.75, 3.05) is 24.1 Å². The Morgan fingerprint density at radius 2 is 2.10 bits per heavy atom. The number of nitrogens with one attached hydrogen (secondary N) is 1. The third kappa shape index (κ3) is 2.77. The predicted molar refractivity (Wildman–Crippen MR) is 85.1 cm³/mol. The average molecular weight is 284 g/mol. The Morgan fingerprint density at radius 1 is 1.33 bits per heavy atom. The summed E-state index contributed by atoms with van der Waals surface area (Å²) in [7, 11) is 0. The molecular weight excluding hydrogens is 264 g/mol. The molecule has 1 saturated heterocycles. The molecule has 1 fully saturated rings. The number of amides is 2. The molecule has 1 aromatic carbocycles. The van der Waals surface area contributed by atoms with Crippen LogP contribution in [-0.4, -0.2) is 29.0 Å². The summed E-state index contributed by atoms with van der Waals surface area (Å²) in [5.74, 6) is 0.704. The van der Waals surface area contributed by atoms with Crippen LogP contribution in [0, 0.1) is 5.92 Å². The summed E-state index contributed by atoms with van der Waals surface area (Å²) in [6.45, 7) is 3.87. The summed E-state index contributed by atoms with van der Waals surface area (Å²) in [4.78, 5) is 18.5. The third-order valence-electron chi connectivity index (χ3n) is 4.11. The normalized spacial score (nSPS) is 16.1. The fourth-order valence-electron chi connectivity index (χ4n) is 2.71. The Balaban J connectivity index is 1.82. The van der Waals surface area contributed by atoms with Gasteiger partial charge in [-0.1, -0.05) is 6.92 Å². The van der Waals surface area contributed by atoms with E-state index in [1.807, 2.05) is 23.1 Å². The SMILES string of the molecule is CC1CCN(C(=O)Nc2ccc(N)c3ncccc23)CC1. The summed E-state index contributed by atoms with van der Waals surface area (Å²) in [5.41, 5.74) is 8.03. The largest absolute Gasteiger partial charge is 0.397 e. The lowest BCUT2D eigenvalue weighted by atomic mass is 10.00. The Hall–Kier alpha value is -2.30. The van der Waals surface area contributed by atoms with Gasteiger partial charge in [0.25, 0.3) is 0 Å². The number of fused-ring (bicyclic) bond motifs is 1. The number of nitrogens with two attached hydrogens (primary N) is 1. The van der Waals surface area contributed by atoms with Crippen molar-refractivity contribution in [1.82, 2.24) is 9.88 Å². The van der Waals surface area contributed by atoms with E-state index >= 15 is 0 Å². The Labute approximate surface area is 124 Å². The fraction of sp³-hybridized carbons (Fsp3) is 0.375. The first-order valence-electron chi connectivity index (χ1n) is 7.34. The highest BCUT2D eigenvalue weighted by atomic mass is 16.2. The zero-order chi connectivity index (χ0) is 14.8. The van der Waals surface area contributed by atoms with Crippen LogP contribution in [0.25, 0.3) is 10.9 Å². The van der Waals surface area contributed by atoms with Gasteiger partial charge in [0.1, 0.15) is 0 Å². The zero-order valence-corrected chi connectivity index (χ0v) is 12.2. The molecule has 3 rings (SSSR count). The number of aromatic nitrogens is 1. The van der Waals surface area contributed by atoms with Gasteiger partial charge in [-0.15, -0.1) is 0 Å². The lowest BCUT2D eigenvalue weighted by Crippen LogP contribution is -2.40. The Kier molecular flexibility index (Phi) is 3.64. The standard InChI is InChI=1S/C16H20N4O/c1-11-6-9-20(10-7-11)16(21)19-14-5-4-13(17)15-12(14)3-2-8-18-15/h2-5,8,11H,6-7,9-10,17H2,1H3,(H,19,21). The van der Waals surface area contributed by atoms with Crippen molar-refractivity contribution in [3.63, 3.8) is 0 Å². The second-order valence-electron chi connectivity index (χ2n) is 5.70. The molecule has 0 atom stereocenters. The summed E-state index contributed by atoms with van der Waals surface area (Å²) < 4.78 is 0. The molecule has 0 radical (unpaired) electrons. The highest BCUT2D eigenvalue weighted by molar-refractivity contribution is 6.04. The van der Waals surface area contributed by atoms with Gasteiger partial charge >= 0.3 is 6.03 Å². The molecule has 2 heterocycles. The molecule has 0 spiro atoms. The van der Waals surface area contributed by atoms with Crippen LogP contribution < -0.4 is 11.1 Å². The number of hydrogen-bond acceptors (Lipinski definition) is 3. The predicted octanol–water partition coefficient (Wildman–Crippen LogP) is 3.08. The maximum atomic E-state index is 12.4. The van der Waals surface area contributed by atoms with Gasteiger partial charge < -0.3 is 16.0 Å². The number of pyridine rings is 1. The van der Waals surface area contributed by atoms with Crippen molar-refractivity contribution in [2.24, 2.45) is 5.92 Å². The summed E-state index contributed by atoms with van der Waals surface area (Å²) >= 11 is 0. The number of benzene rings is 1. The summed E-state index contributed by atoms with van der Waals surface area (Å²) in [6.07, 6.45) is 3.84. The monoisotopic (exact) mass is 284 g/mol. The Morgan fingerprint density at radius 3 is 2.86 bits per heavy atom. The van der Waals surface area contributed by atoms with Gasteiger partial charge in [-0.25, -0.2) is 4.79 Å². The third-order valence-corrected chi connectivity index (χ3v) is 4.11. The second kappa shape index (κ2) is 5.60. The molecule has 21 heavy (non-hydrogen) atoms. The minimum Gasteiger partial charge on any atom is -0.397 e. The molecule has 0 saturated carbocycles. The number of urea groups is 1. The molecule has 2 amide bonds. The molecule has 1 aromatic heterocycles. The van der Waals surface area contributed by atoms with Gasteiger partial charge in [-0.3, -0.25) is 4.98 Å². The smallest absolute Gasteiger partial charge is 0.321 e. The van der Waals surface area contributed by atoms with Crippen molar-refractivity contribution in [3.8, 4) is 0 Å². The molecule has 5 heteroatoms. The molecule has 5 nitrogen and oxygen atoms in total. The van der Waals surface area contributed by atoms with Crippen molar-refractivity contribution in [2.45, 2.75) is 19.8 Å². The van der Waals surface area contributed by atoms with E-state index in [4.69, 9.17) is 5.73 Å². The zero-order valence-electron chi connectivity index (χ0n) is 12.2. The van der Waals surface area contributed by atoms with Crippen LogP contribution in [0.4, 0.5) is 16.2 Å². The minimum atomic E-state index is -0.0446. The lowest BCUT2D eigenvalue weighted by Gasteiger charge is -2.30. The number of nitrogens with zero attached hydrogens (tertiary/aromatic N) is 2. The molecule has 0 aliphatic carbocycles. The number of hydrogen-bond donors (Lipinski definition) is 2. The van der Waals surface area contributed by atoms with Gasteiger partial charge in [0.2, 0.25) is 0 Å². The van der Waals surface area contributed by atoms with Crippen molar-refractivity contribution < 1.29 is 4.79 Å². The number of anilines is 2. The maximum Gasteiger partial charge on any atom is 0.321 e. The average Bonchev–Trinajstić information content (AvgIpc) is 2.51. The van der Waals surface area contributed by atoms with Gasteiger partial charge in [-0.2, -0.15) is 0 Å². The van der Waals surface area contributed by atoms with Crippen molar-refractivity contribution in [1.29, 1.82) is 0 Å². The number of piperidine rings is 1. The van der Waals surface area contributed by atoms with E-state index in [0.717, 1.165) is 42.5 Å². The number of carbonyl (C=O) groups is 1. The maximum absolute atomic E-state index is 12.4. The first-order valence-corrected chi connectivity index (χ1v) is 7.34. The first kappa shape index (κ1) is 13.7. The van der Waals surface area contributed by atoms with Crippen LogP contribution >= 0.6 is 0 Å². The van der Waals surface area contributed by atoms with Crippen LogP contribution in [0.1, 0.15) is 19.8 Å². The van der Waals surface area contributed by atoms with Gasteiger partial charge in [0.15, 0.2) is 0 Å². The number of carbonyl (C=O) groups excluding carboxylic acids is 1. The van der Waals surface area contributed by atoms with E-state index in [1.165, 1.54) is 0 Å². The van der Waals surface area contributed by atoms with E-state index < -0.39 is 0 Å². The van der Waals surface area contributed by atoms with Crippen LogP contribution in [-0.2, 0) is 0 Å². The molecule has 0 unspecified atom stereocenters. The van der Waals surface area contributed by atoms with Crippen LogP contribution in [0.2, 0.25) is 0 Å².